The molecule has 0 spiro atoms. The highest BCUT2D eigenvalue weighted by molar-refractivity contribution is 7.26. The fraction of sp³-hybridized carbons (Fsp3) is 0. The quantitative estimate of drug-likeness (QED) is 0.176. The second kappa shape index (κ2) is 12.6. The van der Waals surface area contributed by atoms with E-state index < -0.39 is 0 Å². The highest BCUT2D eigenvalue weighted by Gasteiger charge is 2.23. The molecule has 8 aromatic carbocycles. The van der Waals surface area contributed by atoms with Crippen LogP contribution >= 0.6 is 11.3 Å². The lowest BCUT2D eigenvalue weighted by Crippen LogP contribution is -2.01. The summed E-state index contributed by atoms with van der Waals surface area (Å²) in [5, 5.41) is 6.86. The number of nitrogens with zero attached hydrogens (tertiary/aromatic N) is 4. The van der Waals surface area contributed by atoms with Gasteiger partial charge in [-0.05, 0) is 53.6 Å². The minimum atomic E-state index is 0.622. The van der Waals surface area contributed by atoms with Crippen LogP contribution in [0.3, 0.4) is 0 Å². The Morgan fingerprint density at radius 1 is 0.421 bits per heavy atom. The van der Waals surface area contributed by atoms with Gasteiger partial charge in [0.2, 0.25) is 0 Å². The Morgan fingerprint density at radius 3 is 1.89 bits per heavy atom. The van der Waals surface area contributed by atoms with Crippen molar-refractivity contribution in [1.82, 2.24) is 19.5 Å². The molecule has 6 heteroatoms. The maximum Gasteiger partial charge on any atom is 0.165 e. The van der Waals surface area contributed by atoms with Crippen molar-refractivity contribution in [2.45, 2.75) is 0 Å². The highest BCUT2D eigenvalue weighted by Crippen LogP contribution is 2.45. The van der Waals surface area contributed by atoms with Gasteiger partial charge in [0.1, 0.15) is 5.58 Å². The lowest BCUT2D eigenvalue weighted by Gasteiger charge is -2.13. The van der Waals surface area contributed by atoms with Gasteiger partial charge in [-0.3, -0.25) is 0 Å². The molecule has 266 valence electrons. The van der Waals surface area contributed by atoms with Crippen LogP contribution in [0.4, 0.5) is 0 Å². The third-order valence-corrected chi connectivity index (χ3v) is 12.3. The number of aromatic nitrogens is 4. The second-order valence-corrected chi connectivity index (χ2v) is 15.4. The van der Waals surface area contributed by atoms with Gasteiger partial charge in [0.05, 0.1) is 11.0 Å². The minimum Gasteiger partial charge on any atom is -0.454 e. The first-order chi connectivity index (χ1) is 28.2. The molecule has 0 N–H and O–H groups in total. The van der Waals surface area contributed by atoms with Crippen LogP contribution in [0, 0.1) is 0 Å². The number of fused-ring (bicyclic) bond motifs is 10. The monoisotopic (exact) mass is 746 g/mol. The van der Waals surface area contributed by atoms with Crippen molar-refractivity contribution in [3.05, 3.63) is 182 Å². The van der Waals surface area contributed by atoms with Crippen LogP contribution in [0.25, 0.3) is 115 Å². The lowest BCUT2D eigenvalue weighted by molar-refractivity contribution is 0.671. The number of hydrogen-bond acceptors (Lipinski definition) is 5. The third-order valence-electron chi connectivity index (χ3n) is 11.0. The van der Waals surface area contributed by atoms with Crippen molar-refractivity contribution in [2.75, 3.05) is 0 Å². The largest absolute Gasteiger partial charge is 0.454 e. The average molecular weight is 747 g/mol. The van der Waals surface area contributed by atoms with Crippen LogP contribution in [0.5, 0.6) is 0 Å². The summed E-state index contributed by atoms with van der Waals surface area (Å²) in [5.74, 6) is 1.87. The minimum absolute atomic E-state index is 0.622. The van der Waals surface area contributed by atoms with E-state index in [1.807, 2.05) is 36.4 Å². The van der Waals surface area contributed by atoms with Gasteiger partial charge in [0, 0.05) is 64.1 Å². The van der Waals surface area contributed by atoms with E-state index in [2.05, 4.69) is 150 Å². The molecule has 12 aromatic rings. The van der Waals surface area contributed by atoms with Crippen LogP contribution in [-0.4, -0.2) is 19.5 Å². The van der Waals surface area contributed by atoms with Gasteiger partial charge in [0.25, 0.3) is 0 Å². The Labute approximate surface area is 330 Å². The SMILES string of the molecule is c1ccc(-c2cccc(-c3nc(-c4ccccc4)nc(-c4cc(-n5c6ccccc6c6ccc7c8ccccc8oc7c65)cc5c4sc4ccccc45)n3)c2)cc1. The maximum absolute atomic E-state index is 6.73. The molecule has 0 bridgehead atoms. The molecule has 4 heterocycles. The van der Waals surface area contributed by atoms with Crippen molar-refractivity contribution in [2.24, 2.45) is 0 Å². The zero-order valence-electron chi connectivity index (χ0n) is 30.4. The van der Waals surface area contributed by atoms with Gasteiger partial charge < -0.3 is 8.98 Å². The molecule has 0 amide bonds. The van der Waals surface area contributed by atoms with Crippen molar-refractivity contribution in [1.29, 1.82) is 0 Å². The summed E-state index contributed by atoms with van der Waals surface area (Å²) in [6, 6.07) is 63.7. The first-order valence-corrected chi connectivity index (χ1v) is 19.8. The highest BCUT2D eigenvalue weighted by atomic mass is 32.1. The summed E-state index contributed by atoms with van der Waals surface area (Å²) in [4.78, 5) is 15.7. The van der Waals surface area contributed by atoms with Gasteiger partial charge in [-0.1, -0.05) is 140 Å². The normalized spacial score (nSPS) is 11.9. The Morgan fingerprint density at radius 2 is 1.05 bits per heavy atom. The van der Waals surface area contributed by atoms with E-state index in [4.69, 9.17) is 19.4 Å². The molecule has 57 heavy (non-hydrogen) atoms. The van der Waals surface area contributed by atoms with E-state index in [-0.39, 0.29) is 0 Å². The first kappa shape index (κ1) is 31.9. The summed E-state index contributed by atoms with van der Waals surface area (Å²) in [5.41, 5.74) is 9.94. The predicted octanol–water partition coefficient (Wildman–Crippen LogP) is 13.9. The molecular formula is C51H30N4OS. The van der Waals surface area contributed by atoms with Crippen molar-refractivity contribution in [3.63, 3.8) is 0 Å². The van der Waals surface area contributed by atoms with Crippen LogP contribution < -0.4 is 0 Å². The average Bonchev–Trinajstić information content (AvgIpc) is 3.96. The van der Waals surface area contributed by atoms with E-state index >= 15 is 0 Å². The smallest absolute Gasteiger partial charge is 0.165 e. The zero-order valence-corrected chi connectivity index (χ0v) is 31.2. The number of rotatable bonds is 5. The lowest BCUT2D eigenvalue weighted by atomic mass is 10.0. The van der Waals surface area contributed by atoms with Crippen molar-refractivity contribution < 1.29 is 4.42 Å². The summed E-state index contributed by atoms with van der Waals surface area (Å²) in [6.45, 7) is 0. The number of para-hydroxylation sites is 2. The fourth-order valence-electron chi connectivity index (χ4n) is 8.42. The van der Waals surface area contributed by atoms with Crippen LogP contribution in [0.15, 0.2) is 186 Å². The Balaban J connectivity index is 1.17. The number of hydrogen-bond donors (Lipinski definition) is 0. The Kier molecular flexibility index (Phi) is 7.03. The van der Waals surface area contributed by atoms with Gasteiger partial charge in [0.15, 0.2) is 23.1 Å². The van der Waals surface area contributed by atoms with Gasteiger partial charge in [-0.2, -0.15) is 0 Å². The van der Waals surface area contributed by atoms with Crippen molar-refractivity contribution >= 4 is 75.3 Å². The molecule has 0 atom stereocenters. The molecular weight excluding hydrogens is 717 g/mol. The number of furan rings is 1. The van der Waals surface area contributed by atoms with E-state index in [1.54, 1.807) is 11.3 Å². The van der Waals surface area contributed by atoms with Gasteiger partial charge in [-0.25, -0.2) is 15.0 Å². The third kappa shape index (κ3) is 5.04. The summed E-state index contributed by atoms with van der Waals surface area (Å²) < 4.78 is 11.4. The zero-order chi connectivity index (χ0) is 37.5. The molecule has 0 radical (unpaired) electrons. The maximum atomic E-state index is 6.73. The van der Waals surface area contributed by atoms with E-state index in [1.165, 1.54) is 15.5 Å². The number of thiophene rings is 1. The van der Waals surface area contributed by atoms with Crippen molar-refractivity contribution in [3.8, 4) is 51.0 Å². The van der Waals surface area contributed by atoms with E-state index in [0.717, 1.165) is 81.9 Å². The van der Waals surface area contributed by atoms with Gasteiger partial charge in [-0.15, -0.1) is 11.3 Å². The molecule has 0 saturated carbocycles. The summed E-state index contributed by atoms with van der Waals surface area (Å²) >= 11 is 1.78. The summed E-state index contributed by atoms with van der Waals surface area (Å²) in [7, 11) is 0. The second-order valence-electron chi connectivity index (χ2n) is 14.4. The predicted molar refractivity (Wildman–Crippen MR) is 236 cm³/mol. The van der Waals surface area contributed by atoms with Crippen LogP contribution in [0.1, 0.15) is 0 Å². The fourth-order valence-corrected chi connectivity index (χ4v) is 9.61. The molecule has 0 aliphatic carbocycles. The molecule has 0 aliphatic rings. The topological polar surface area (TPSA) is 56.7 Å². The van der Waals surface area contributed by atoms with E-state index in [9.17, 15) is 0 Å². The Hall–Kier alpha value is -7.41. The standard InChI is InChI=1S/C51H30N4OS/c1-3-14-31(15-4-1)33-18-13-19-34(28-33)50-52-49(32-16-5-2-6-17-32)53-51(54-50)42-30-35(29-41-38-22-9-12-25-45(38)57-48(41)42)55-43-23-10-7-20-36(43)39-26-27-40-37-21-8-11-24-44(37)56-47(40)46(39)55/h1-30H. The molecule has 0 fully saturated rings. The van der Waals surface area contributed by atoms with E-state index in [0.29, 0.717) is 17.5 Å². The molecule has 12 rings (SSSR count). The first-order valence-electron chi connectivity index (χ1n) is 19.0. The number of benzene rings is 8. The molecule has 0 unspecified atom stereocenters. The van der Waals surface area contributed by atoms with Crippen LogP contribution in [-0.2, 0) is 0 Å². The molecule has 0 aliphatic heterocycles. The molecule has 4 aromatic heterocycles. The molecule has 5 nitrogen and oxygen atoms in total. The van der Waals surface area contributed by atoms with Gasteiger partial charge >= 0.3 is 0 Å². The molecule has 0 saturated heterocycles. The summed E-state index contributed by atoms with van der Waals surface area (Å²) in [6.07, 6.45) is 0. The Bertz CT molecular complexity index is 3530. The van der Waals surface area contributed by atoms with Crippen LogP contribution in [0.2, 0.25) is 0 Å².